The van der Waals surface area contributed by atoms with E-state index >= 15 is 0 Å². The van der Waals surface area contributed by atoms with Crippen molar-refractivity contribution >= 4 is 11.8 Å². The number of aliphatic hydroxyl groups is 1. The minimum atomic E-state index is -0.992. The third-order valence-electron chi connectivity index (χ3n) is 2.45. The number of aliphatic hydroxyl groups excluding tert-OH is 1. The molecule has 2 heterocycles. The largest absolute Gasteiger partial charge is 0.478 e. The molecule has 90 valence electrons. The van der Waals surface area contributed by atoms with Gasteiger partial charge in [0.25, 0.3) is 0 Å². The first-order valence-corrected chi connectivity index (χ1v) is 5.27. The van der Waals surface area contributed by atoms with Crippen LogP contribution in [0.2, 0.25) is 0 Å². The van der Waals surface area contributed by atoms with Crippen molar-refractivity contribution < 1.29 is 15.0 Å². The van der Waals surface area contributed by atoms with Crippen LogP contribution in [-0.2, 0) is 6.42 Å². The van der Waals surface area contributed by atoms with Crippen LogP contribution in [0.4, 0.5) is 0 Å². The second-order valence-electron chi connectivity index (χ2n) is 3.89. The van der Waals surface area contributed by atoms with Crippen molar-refractivity contribution in [2.75, 3.05) is 13.1 Å². The average Bonchev–Trinajstić information content (AvgIpc) is 2.32. The molecule has 0 spiro atoms. The number of rotatable bonds is 3. The molecule has 17 heavy (non-hydrogen) atoms. The van der Waals surface area contributed by atoms with Crippen molar-refractivity contribution in [2.24, 2.45) is 4.99 Å². The van der Waals surface area contributed by atoms with Gasteiger partial charge in [0.05, 0.1) is 18.2 Å². The van der Waals surface area contributed by atoms with Crippen LogP contribution in [0.3, 0.4) is 0 Å². The van der Waals surface area contributed by atoms with E-state index < -0.39 is 12.1 Å². The van der Waals surface area contributed by atoms with Crippen LogP contribution in [0.5, 0.6) is 0 Å². The highest BCUT2D eigenvalue weighted by Crippen LogP contribution is 2.05. The minimum Gasteiger partial charge on any atom is -0.478 e. The van der Waals surface area contributed by atoms with Gasteiger partial charge in [-0.15, -0.1) is 0 Å². The Hall–Kier alpha value is -1.95. The molecule has 1 aromatic heterocycles. The van der Waals surface area contributed by atoms with Crippen LogP contribution in [0.25, 0.3) is 0 Å². The predicted octanol–water partition coefficient (Wildman–Crippen LogP) is -0.315. The van der Waals surface area contributed by atoms with E-state index in [1.54, 1.807) is 12.3 Å². The normalized spacial score (nSPS) is 19.4. The molecule has 0 radical (unpaired) electrons. The molecular formula is C11H13N3O3. The Balaban J connectivity index is 2.08. The number of carboxylic acid groups (broad SMARTS) is 1. The second-order valence-corrected chi connectivity index (χ2v) is 3.89. The quantitative estimate of drug-likeness (QED) is 0.667. The molecule has 1 unspecified atom stereocenters. The van der Waals surface area contributed by atoms with E-state index in [9.17, 15) is 9.90 Å². The number of amidine groups is 1. The van der Waals surface area contributed by atoms with Gasteiger partial charge < -0.3 is 15.5 Å². The zero-order valence-corrected chi connectivity index (χ0v) is 9.13. The second kappa shape index (κ2) is 4.92. The zero-order valence-electron chi connectivity index (χ0n) is 9.13. The third kappa shape index (κ3) is 3.01. The summed E-state index contributed by atoms with van der Waals surface area (Å²) in [7, 11) is 0. The smallest absolute Gasteiger partial charge is 0.337 e. The standard InChI is InChI=1S/C11H13N3O3/c15-9-5-13-10(14-6-9)2-7-1-8(11(16)17)4-12-3-7/h1,3-4,9,15H,2,5-6H2,(H,13,14)(H,16,17). The third-order valence-corrected chi connectivity index (χ3v) is 2.45. The molecule has 0 aliphatic carbocycles. The van der Waals surface area contributed by atoms with E-state index in [1.165, 1.54) is 6.20 Å². The molecule has 0 fully saturated rings. The molecule has 2 rings (SSSR count). The van der Waals surface area contributed by atoms with Crippen molar-refractivity contribution in [3.8, 4) is 0 Å². The summed E-state index contributed by atoms with van der Waals surface area (Å²) in [5.41, 5.74) is 0.950. The first-order valence-electron chi connectivity index (χ1n) is 5.27. The summed E-state index contributed by atoms with van der Waals surface area (Å²) in [4.78, 5) is 18.8. The number of aromatic carboxylic acids is 1. The van der Waals surface area contributed by atoms with Gasteiger partial charge in [-0.25, -0.2) is 4.79 Å². The molecule has 1 atom stereocenters. The fourth-order valence-electron chi connectivity index (χ4n) is 1.58. The number of pyridine rings is 1. The number of aromatic nitrogens is 1. The van der Waals surface area contributed by atoms with Crippen LogP contribution in [0.15, 0.2) is 23.5 Å². The molecular weight excluding hydrogens is 222 g/mol. The average molecular weight is 235 g/mol. The Kier molecular flexibility index (Phi) is 3.34. The lowest BCUT2D eigenvalue weighted by molar-refractivity contribution is 0.0696. The maximum absolute atomic E-state index is 10.8. The molecule has 0 amide bonds. The van der Waals surface area contributed by atoms with Crippen LogP contribution in [-0.4, -0.2) is 46.2 Å². The monoisotopic (exact) mass is 235 g/mol. The van der Waals surface area contributed by atoms with Gasteiger partial charge in [-0.2, -0.15) is 0 Å². The lowest BCUT2D eigenvalue weighted by Crippen LogP contribution is -2.39. The Morgan fingerprint density at radius 3 is 3.00 bits per heavy atom. The van der Waals surface area contributed by atoms with Crippen LogP contribution in [0.1, 0.15) is 15.9 Å². The van der Waals surface area contributed by atoms with Gasteiger partial charge in [0.2, 0.25) is 0 Å². The van der Waals surface area contributed by atoms with Gasteiger partial charge >= 0.3 is 5.97 Å². The van der Waals surface area contributed by atoms with Gasteiger partial charge in [0, 0.05) is 25.4 Å². The summed E-state index contributed by atoms with van der Waals surface area (Å²) in [5, 5.41) is 21.1. The van der Waals surface area contributed by atoms with E-state index in [1.807, 2.05) is 0 Å². The van der Waals surface area contributed by atoms with Gasteiger partial charge in [0.15, 0.2) is 0 Å². The maximum Gasteiger partial charge on any atom is 0.337 e. The van der Waals surface area contributed by atoms with Crippen LogP contribution >= 0.6 is 0 Å². The Morgan fingerprint density at radius 1 is 1.53 bits per heavy atom. The number of carbonyl (C=O) groups is 1. The number of hydrogen-bond donors (Lipinski definition) is 3. The van der Waals surface area contributed by atoms with E-state index in [0.29, 0.717) is 19.5 Å². The number of β-amino-alcohol motifs (C(OH)–C–C–N with tert-alkyl or cyclic N) is 1. The summed E-state index contributed by atoms with van der Waals surface area (Å²) in [6.45, 7) is 0.860. The summed E-state index contributed by atoms with van der Waals surface area (Å²) < 4.78 is 0. The van der Waals surface area contributed by atoms with Crippen LogP contribution in [0, 0.1) is 0 Å². The van der Waals surface area contributed by atoms with Gasteiger partial charge in [-0.1, -0.05) is 0 Å². The topological polar surface area (TPSA) is 94.8 Å². The molecule has 6 nitrogen and oxygen atoms in total. The lowest BCUT2D eigenvalue weighted by Gasteiger charge is -2.18. The fourth-order valence-corrected chi connectivity index (χ4v) is 1.58. The molecule has 3 N–H and O–H groups in total. The maximum atomic E-state index is 10.8. The molecule has 0 saturated heterocycles. The van der Waals surface area contributed by atoms with Crippen molar-refractivity contribution in [2.45, 2.75) is 12.5 Å². The predicted molar refractivity (Wildman–Crippen MR) is 61.2 cm³/mol. The molecule has 1 aliphatic rings. The first-order chi connectivity index (χ1) is 8.15. The molecule has 1 aromatic rings. The Bertz CT molecular complexity index is 459. The lowest BCUT2D eigenvalue weighted by atomic mass is 10.1. The van der Waals surface area contributed by atoms with Crippen molar-refractivity contribution in [3.05, 3.63) is 29.6 Å². The summed E-state index contributed by atoms with van der Waals surface area (Å²) in [6.07, 6.45) is 2.98. The molecule has 0 saturated carbocycles. The van der Waals surface area contributed by atoms with Crippen LogP contribution < -0.4 is 5.32 Å². The zero-order chi connectivity index (χ0) is 12.3. The van der Waals surface area contributed by atoms with E-state index in [0.717, 1.165) is 11.4 Å². The van der Waals surface area contributed by atoms with Crippen molar-refractivity contribution in [3.63, 3.8) is 0 Å². The fraction of sp³-hybridized carbons (Fsp3) is 0.364. The number of aliphatic imine (C=N–C) groups is 1. The number of nitrogens with zero attached hydrogens (tertiary/aromatic N) is 2. The molecule has 0 aromatic carbocycles. The van der Waals surface area contributed by atoms with E-state index in [4.69, 9.17) is 5.11 Å². The van der Waals surface area contributed by atoms with E-state index in [2.05, 4.69) is 15.3 Å². The summed E-state index contributed by atoms with van der Waals surface area (Å²) in [5.74, 6) is -0.243. The summed E-state index contributed by atoms with van der Waals surface area (Å²) in [6, 6.07) is 1.57. The van der Waals surface area contributed by atoms with Crippen molar-refractivity contribution in [1.82, 2.24) is 10.3 Å². The highest BCUT2D eigenvalue weighted by atomic mass is 16.4. The Labute approximate surface area is 98.0 Å². The van der Waals surface area contributed by atoms with Gasteiger partial charge in [-0.05, 0) is 11.6 Å². The molecule has 6 heteroatoms. The molecule has 1 aliphatic heterocycles. The van der Waals surface area contributed by atoms with Gasteiger partial charge in [0.1, 0.15) is 5.84 Å². The van der Waals surface area contributed by atoms with Gasteiger partial charge in [-0.3, -0.25) is 9.98 Å². The highest BCUT2D eigenvalue weighted by Gasteiger charge is 2.12. The first kappa shape index (κ1) is 11.5. The summed E-state index contributed by atoms with van der Waals surface area (Å²) >= 11 is 0. The number of hydrogen-bond acceptors (Lipinski definition) is 5. The number of nitrogens with one attached hydrogen (secondary N) is 1. The van der Waals surface area contributed by atoms with Crippen molar-refractivity contribution in [1.29, 1.82) is 0 Å². The SMILES string of the molecule is O=C(O)c1cncc(CC2=NCC(O)CN2)c1. The number of carboxylic acids is 1. The van der Waals surface area contributed by atoms with E-state index in [-0.39, 0.29) is 5.56 Å². The molecule has 0 bridgehead atoms. The minimum absolute atomic E-state index is 0.166. The highest BCUT2D eigenvalue weighted by molar-refractivity contribution is 5.88. The Morgan fingerprint density at radius 2 is 2.35 bits per heavy atom.